The highest BCUT2D eigenvalue weighted by Crippen LogP contribution is 2.35. The molecule has 3 heterocycles. The Hall–Kier alpha value is -3.33. The molecule has 4 aromatic rings. The van der Waals surface area contributed by atoms with E-state index in [2.05, 4.69) is 29.6 Å². The predicted molar refractivity (Wildman–Crippen MR) is 166 cm³/mol. The van der Waals surface area contributed by atoms with E-state index in [-0.39, 0.29) is 51.8 Å². The number of hydrogen-bond donors (Lipinski definition) is 2. The lowest BCUT2D eigenvalue weighted by Gasteiger charge is -2.31. The van der Waals surface area contributed by atoms with E-state index in [1.807, 2.05) is 0 Å². The van der Waals surface area contributed by atoms with Gasteiger partial charge in [-0.25, -0.2) is 14.4 Å². The van der Waals surface area contributed by atoms with Crippen molar-refractivity contribution in [3.63, 3.8) is 0 Å². The van der Waals surface area contributed by atoms with Gasteiger partial charge < -0.3 is 20.4 Å². The second-order valence-electron chi connectivity index (χ2n) is 10.4. The Balaban J connectivity index is 1.35. The smallest absolute Gasteiger partial charge is 0.423 e. The number of nitrogen functional groups attached to an aromatic ring is 1. The fourth-order valence-electron chi connectivity index (χ4n) is 5.33. The lowest BCUT2D eigenvalue weighted by Crippen LogP contribution is -2.34. The van der Waals surface area contributed by atoms with Gasteiger partial charge in [0.15, 0.2) is 17.4 Å². The van der Waals surface area contributed by atoms with Gasteiger partial charge in [0.2, 0.25) is 0 Å². The molecule has 5 rings (SSSR count). The number of pyridine rings is 1. The van der Waals surface area contributed by atoms with Gasteiger partial charge in [0.1, 0.15) is 17.2 Å². The topological polar surface area (TPSA) is 130 Å². The first-order valence-corrected chi connectivity index (χ1v) is 14.9. The summed E-state index contributed by atoms with van der Waals surface area (Å²) in [5.41, 5.74) is 2.74. The third-order valence-corrected chi connectivity index (χ3v) is 8.04. The van der Waals surface area contributed by atoms with E-state index in [1.165, 1.54) is 39.7 Å². The molecule has 3 aromatic heterocycles. The van der Waals surface area contributed by atoms with Gasteiger partial charge in [-0.05, 0) is 55.7 Å². The van der Waals surface area contributed by atoms with E-state index in [4.69, 9.17) is 10.5 Å². The van der Waals surface area contributed by atoms with Crippen LogP contribution < -0.4 is 26.9 Å². The molecule has 4 atom stereocenters. The molecule has 1 aliphatic carbocycles. The monoisotopic (exact) mass is 731 g/mol. The number of nitrogens with zero attached hydrogens (tertiary/aromatic N) is 5. The summed E-state index contributed by atoms with van der Waals surface area (Å²) in [4.78, 5) is 33.8. The van der Waals surface area contributed by atoms with Crippen molar-refractivity contribution >= 4 is 54.4 Å². The van der Waals surface area contributed by atoms with Gasteiger partial charge in [-0.3, -0.25) is 9.59 Å². The minimum absolute atomic E-state index is 0.0425. The van der Waals surface area contributed by atoms with Crippen LogP contribution in [0.4, 0.5) is 29.1 Å². The Morgan fingerprint density at radius 2 is 2.00 bits per heavy atom. The number of aromatic nitrogens is 5. The normalized spacial score (nSPS) is 18.0. The molecular weight excluding hydrogens is 704 g/mol. The van der Waals surface area contributed by atoms with Gasteiger partial charge in [-0.1, -0.05) is 15.7 Å². The van der Waals surface area contributed by atoms with Crippen LogP contribution in [0.1, 0.15) is 38.2 Å². The maximum Gasteiger partial charge on any atom is 0.423 e. The Labute approximate surface area is 258 Å². The number of ether oxygens (including phenoxy) is 1. The van der Waals surface area contributed by atoms with E-state index < -0.39 is 28.7 Å². The Kier molecular flexibility index (Phi) is 8.93. The van der Waals surface area contributed by atoms with Crippen LogP contribution >= 0.6 is 32.1 Å². The van der Waals surface area contributed by atoms with Crippen LogP contribution in [0.5, 0.6) is 5.75 Å². The highest BCUT2D eigenvalue weighted by Gasteiger charge is 2.39. The number of rotatable bonds is 7. The van der Waals surface area contributed by atoms with Crippen LogP contribution in [-0.4, -0.2) is 34.4 Å². The largest absolute Gasteiger partial charge is 0.481 e. The van der Waals surface area contributed by atoms with Crippen molar-refractivity contribution in [2.45, 2.75) is 57.2 Å². The number of alkyl halides is 3. The summed E-state index contributed by atoms with van der Waals surface area (Å²) in [6.45, 7) is 2.09. The first-order chi connectivity index (χ1) is 20.3. The van der Waals surface area contributed by atoms with Crippen LogP contribution in [0.15, 0.2) is 46.4 Å². The van der Waals surface area contributed by atoms with Crippen molar-refractivity contribution in [2.24, 2.45) is 5.92 Å². The molecule has 228 valence electrons. The average molecular weight is 731 g/mol. The van der Waals surface area contributed by atoms with E-state index in [1.54, 1.807) is 19.2 Å². The number of anilines is 2. The van der Waals surface area contributed by atoms with E-state index in [0.717, 1.165) is 18.7 Å². The maximum atomic E-state index is 15.2. The molecule has 2 unspecified atom stereocenters. The average Bonchev–Trinajstić information content (AvgIpc) is 2.93. The second-order valence-corrected chi connectivity index (χ2v) is 12.3. The van der Waals surface area contributed by atoms with Crippen LogP contribution in [0.25, 0.3) is 22.2 Å². The summed E-state index contributed by atoms with van der Waals surface area (Å²) in [6.07, 6.45) is 1.66. The summed E-state index contributed by atoms with van der Waals surface area (Å²) >= 11 is 1.41. The predicted octanol–water partition coefficient (Wildman–Crippen LogP) is 5.22. The zero-order valence-corrected chi connectivity index (χ0v) is 26.0. The minimum Gasteiger partial charge on any atom is -0.481 e. The Morgan fingerprint density at radius 3 is 2.70 bits per heavy atom. The molecule has 1 fully saturated rings. The van der Waals surface area contributed by atoms with Gasteiger partial charge in [0.25, 0.3) is 11.1 Å². The molecule has 16 heteroatoms. The van der Waals surface area contributed by atoms with Gasteiger partial charge in [-0.15, -0.1) is 0 Å². The van der Waals surface area contributed by atoms with Gasteiger partial charge in [0.05, 0.1) is 51.9 Å². The van der Waals surface area contributed by atoms with Crippen molar-refractivity contribution < 1.29 is 22.3 Å². The standard InChI is InChI=1S/C27H27F4IN7O3P/c1-13(43)42-21-11-34-24(37-23(21)33)18-8-15-5-6-38(25(40)17(15)9-19(18)28)12-14-3-2-4-16(7-14)36-20-10-35-39(32)26(41)22(20)27(29,30)31/h5-6,8-11,13-14,16,36H,2-4,7,12,43H2,1H3,(H2,33,34,37)/t13?,14-,16+/m1/s1. The third kappa shape index (κ3) is 6.77. The number of nitrogens with two attached hydrogens (primary N) is 1. The molecule has 0 spiro atoms. The molecule has 43 heavy (non-hydrogen) atoms. The summed E-state index contributed by atoms with van der Waals surface area (Å²) in [7, 11) is 2.46. The highest BCUT2D eigenvalue weighted by molar-refractivity contribution is 14.1. The summed E-state index contributed by atoms with van der Waals surface area (Å²) in [5, 5.41) is 7.24. The fraction of sp³-hybridized carbons (Fsp3) is 0.370. The summed E-state index contributed by atoms with van der Waals surface area (Å²) in [6, 6.07) is 3.96. The third-order valence-electron chi connectivity index (χ3n) is 7.22. The number of nitrogens with one attached hydrogen (secondary N) is 1. The van der Waals surface area contributed by atoms with Gasteiger partial charge in [0, 0.05) is 18.8 Å². The quantitative estimate of drug-likeness (QED) is 0.150. The number of halogens is 5. The molecule has 1 aliphatic rings. The lowest BCUT2D eigenvalue weighted by molar-refractivity contribution is -0.138. The van der Waals surface area contributed by atoms with Crippen molar-refractivity contribution in [2.75, 3.05) is 11.1 Å². The maximum absolute atomic E-state index is 15.2. The van der Waals surface area contributed by atoms with E-state index in [9.17, 15) is 22.8 Å². The molecule has 0 radical (unpaired) electrons. The molecule has 0 bridgehead atoms. The molecule has 1 aromatic carbocycles. The van der Waals surface area contributed by atoms with Crippen molar-refractivity contribution in [3.05, 3.63) is 68.9 Å². The molecule has 3 N–H and O–H groups in total. The number of benzene rings is 1. The first-order valence-electron chi connectivity index (χ1n) is 13.3. The molecule has 0 amide bonds. The van der Waals surface area contributed by atoms with Gasteiger partial charge in [-0.2, -0.15) is 21.2 Å². The molecule has 0 aliphatic heterocycles. The molecule has 10 nitrogen and oxygen atoms in total. The second kappa shape index (κ2) is 12.3. The van der Waals surface area contributed by atoms with Gasteiger partial charge >= 0.3 is 6.18 Å². The van der Waals surface area contributed by atoms with Crippen LogP contribution in [-0.2, 0) is 12.7 Å². The summed E-state index contributed by atoms with van der Waals surface area (Å²) < 4.78 is 63.7. The highest BCUT2D eigenvalue weighted by atomic mass is 127. The lowest BCUT2D eigenvalue weighted by atomic mass is 9.85. The number of fused-ring (bicyclic) bond motifs is 1. The zero-order valence-electron chi connectivity index (χ0n) is 22.7. The first kappa shape index (κ1) is 31.1. The molecule has 1 saturated carbocycles. The van der Waals surface area contributed by atoms with Crippen LogP contribution in [0.2, 0.25) is 0 Å². The Bertz CT molecular complexity index is 1800. The van der Waals surface area contributed by atoms with Crippen molar-refractivity contribution in [1.82, 2.24) is 22.5 Å². The SMILES string of the molecule is CC(P)Oc1cnc(-c2cc3ccn(C[C@@H]4CCC[C@H](Nc5cnn(I)c(=O)c5C(F)(F)F)C4)c(=O)c3cc2F)nc1N. The minimum atomic E-state index is -4.85. The van der Waals surface area contributed by atoms with Crippen molar-refractivity contribution in [3.8, 4) is 17.1 Å². The van der Waals surface area contributed by atoms with E-state index >= 15 is 4.39 Å². The molecule has 0 saturated heterocycles. The Morgan fingerprint density at radius 1 is 1.23 bits per heavy atom. The van der Waals surface area contributed by atoms with Crippen LogP contribution in [0.3, 0.4) is 0 Å². The van der Waals surface area contributed by atoms with Crippen LogP contribution in [0, 0.1) is 11.7 Å². The molecular formula is C27H27F4IN7O3P. The zero-order chi connectivity index (χ0) is 31.1. The summed E-state index contributed by atoms with van der Waals surface area (Å²) in [5.74, 6) is -0.607. The number of hydrogen-bond acceptors (Lipinski definition) is 8. The van der Waals surface area contributed by atoms with Crippen molar-refractivity contribution in [1.29, 1.82) is 0 Å². The van der Waals surface area contributed by atoms with E-state index in [0.29, 0.717) is 34.1 Å². The fourth-order valence-corrected chi connectivity index (χ4v) is 5.84.